The molecule has 0 radical (unpaired) electrons. The van der Waals surface area contributed by atoms with Gasteiger partial charge in [-0.05, 0) is 42.5 Å². The van der Waals surface area contributed by atoms with Gasteiger partial charge in [-0.25, -0.2) is 8.42 Å². The Labute approximate surface area is 168 Å². The number of nitrogens with zero attached hydrogens (tertiary/aromatic N) is 3. The van der Waals surface area contributed by atoms with Crippen LogP contribution in [0.3, 0.4) is 0 Å². The Morgan fingerprint density at radius 2 is 1.96 bits per heavy atom. The number of sulfone groups is 1. The van der Waals surface area contributed by atoms with Crippen LogP contribution in [0.5, 0.6) is 0 Å². The maximum absolute atomic E-state index is 13.1. The van der Waals surface area contributed by atoms with E-state index in [9.17, 15) is 13.2 Å². The topological polar surface area (TPSA) is 93.4 Å². The maximum Gasteiger partial charge on any atom is 0.277 e. The van der Waals surface area contributed by atoms with Crippen LogP contribution < -0.4 is 0 Å². The van der Waals surface area contributed by atoms with E-state index in [4.69, 9.17) is 4.42 Å². The molecule has 0 saturated carbocycles. The van der Waals surface area contributed by atoms with Crippen LogP contribution in [-0.2, 0) is 21.1 Å². The molecule has 0 spiro atoms. The molecule has 0 aliphatic carbocycles. The van der Waals surface area contributed by atoms with Gasteiger partial charge in [0.25, 0.3) is 5.22 Å². The summed E-state index contributed by atoms with van der Waals surface area (Å²) in [5, 5.41) is 8.08. The summed E-state index contributed by atoms with van der Waals surface area (Å²) in [6.45, 7) is 1.57. The van der Waals surface area contributed by atoms with Gasteiger partial charge in [0.05, 0.1) is 11.5 Å². The van der Waals surface area contributed by atoms with Crippen molar-refractivity contribution in [2.75, 3.05) is 24.6 Å². The van der Waals surface area contributed by atoms with Crippen LogP contribution in [0, 0.1) is 5.92 Å². The summed E-state index contributed by atoms with van der Waals surface area (Å²) in [4.78, 5) is 15.0. The molecule has 2 saturated heterocycles. The van der Waals surface area contributed by atoms with E-state index in [2.05, 4.69) is 10.2 Å². The van der Waals surface area contributed by atoms with Gasteiger partial charge in [0, 0.05) is 19.5 Å². The average Bonchev–Trinajstić information content (AvgIpc) is 3.42. The summed E-state index contributed by atoms with van der Waals surface area (Å²) in [7, 11) is -2.93. The van der Waals surface area contributed by atoms with Crippen molar-refractivity contribution in [2.45, 2.75) is 36.2 Å². The molecule has 2 aromatic rings. The lowest BCUT2D eigenvalue weighted by Crippen LogP contribution is -2.31. The summed E-state index contributed by atoms with van der Waals surface area (Å²) in [5.41, 5.74) is 0.908. The predicted molar refractivity (Wildman–Crippen MR) is 106 cm³/mol. The molecule has 2 unspecified atom stereocenters. The van der Waals surface area contributed by atoms with Crippen LogP contribution in [0.4, 0.5) is 0 Å². The highest BCUT2D eigenvalue weighted by atomic mass is 32.2. The summed E-state index contributed by atoms with van der Waals surface area (Å²) in [6.07, 6.45) is 3.16. The van der Waals surface area contributed by atoms with Crippen molar-refractivity contribution in [3.8, 4) is 0 Å². The molecular formula is C19H23N3O4S2. The molecule has 2 atom stereocenters. The number of benzene rings is 1. The van der Waals surface area contributed by atoms with Crippen LogP contribution in [0.25, 0.3) is 0 Å². The van der Waals surface area contributed by atoms with Crippen molar-refractivity contribution < 1.29 is 17.6 Å². The Balaban J connectivity index is 1.48. The van der Waals surface area contributed by atoms with Crippen LogP contribution in [0.15, 0.2) is 40.0 Å². The van der Waals surface area contributed by atoms with Gasteiger partial charge in [-0.15, -0.1) is 10.2 Å². The highest BCUT2D eigenvalue weighted by Gasteiger charge is 2.32. The van der Waals surface area contributed by atoms with Gasteiger partial charge in [-0.3, -0.25) is 4.79 Å². The number of thioether (sulfide) groups is 1. The molecule has 7 nitrogen and oxygen atoms in total. The molecule has 1 aromatic heterocycles. The lowest BCUT2D eigenvalue weighted by Gasteiger charge is -2.22. The van der Waals surface area contributed by atoms with Gasteiger partial charge in [-0.1, -0.05) is 30.3 Å². The Hall–Kier alpha value is -1.87. The number of amides is 1. The molecule has 150 valence electrons. The lowest BCUT2D eigenvalue weighted by atomic mass is 10.1. The second-order valence-electron chi connectivity index (χ2n) is 7.38. The highest BCUT2D eigenvalue weighted by Crippen LogP contribution is 2.37. The molecule has 0 N–H and O–H groups in total. The SMILES string of the molecule is O=C(C(Sc1nnc(CC2CCS(=O)(=O)C2)o1)c1ccccc1)N1CCCC1. The molecule has 4 rings (SSSR count). The molecule has 0 bridgehead atoms. The molecule has 2 aliphatic heterocycles. The van der Waals surface area contributed by atoms with Crippen molar-refractivity contribution >= 4 is 27.5 Å². The second kappa shape index (κ2) is 8.24. The van der Waals surface area contributed by atoms with E-state index >= 15 is 0 Å². The van der Waals surface area contributed by atoms with Crippen molar-refractivity contribution in [2.24, 2.45) is 5.92 Å². The molecule has 2 aliphatic rings. The minimum atomic E-state index is -2.93. The van der Waals surface area contributed by atoms with E-state index in [1.165, 1.54) is 11.8 Å². The minimum absolute atomic E-state index is 0.0273. The van der Waals surface area contributed by atoms with Crippen LogP contribution in [0.1, 0.15) is 36.0 Å². The third-order valence-corrected chi connectivity index (χ3v) is 8.11. The fourth-order valence-corrected chi connectivity index (χ4v) is 6.58. The summed E-state index contributed by atoms with van der Waals surface area (Å²) < 4.78 is 29.0. The number of hydrogen-bond donors (Lipinski definition) is 0. The Morgan fingerprint density at radius 3 is 2.64 bits per heavy atom. The molecule has 1 aromatic carbocycles. The zero-order valence-electron chi connectivity index (χ0n) is 15.5. The number of likely N-dealkylation sites (tertiary alicyclic amines) is 1. The third kappa shape index (κ3) is 4.57. The zero-order valence-corrected chi connectivity index (χ0v) is 17.1. The number of aromatic nitrogens is 2. The number of carbonyl (C=O) groups is 1. The van der Waals surface area contributed by atoms with Gasteiger partial charge in [0.1, 0.15) is 5.25 Å². The Bertz CT molecular complexity index is 924. The highest BCUT2D eigenvalue weighted by molar-refractivity contribution is 8.00. The van der Waals surface area contributed by atoms with Gasteiger partial charge in [0.15, 0.2) is 9.84 Å². The molecular weight excluding hydrogens is 398 g/mol. The van der Waals surface area contributed by atoms with Gasteiger partial charge < -0.3 is 9.32 Å². The lowest BCUT2D eigenvalue weighted by molar-refractivity contribution is -0.129. The molecule has 3 heterocycles. The second-order valence-corrected chi connectivity index (χ2v) is 10.7. The van der Waals surface area contributed by atoms with E-state index in [-0.39, 0.29) is 23.3 Å². The summed E-state index contributed by atoms with van der Waals surface area (Å²) in [5.74, 6) is 0.936. The number of hydrogen-bond acceptors (Lipinski definition) is 7. The summed E-state index contributed by atoms with van der Waals surface area (Å²) in [6, 6.07) is 9.63. The fourth-order valence-electron chi connectivity index (χ4n) is 3.74. The smallest absolute Gasteiger partial charge is 0.277 e. The Kier molecular flexibility index (Phi) is 5.73. The van der Waals surface area contributed by atoms with Crippen molar-refractivity contribution in [3.63, 3.8) is 0 Å². The third-order valence-electron chi connectivity index (χ3n) is 5.20. The molecule has 28 heavy (non-hydrogen) atoms. The van der Waals surface area contributed by atoms with Crippen molar-refractivity contribution in [1.82, 2.24) is 15.1 Å². The average molecular weight is 422 g/mol. The summed E-state index contributed by atoms with van der Waals surface area (Å²) >= 11 is 1.27. The largest absolute Gasteiger partial charge is 0.416 e. The van der Waals surface area contributed by atoms with E-state index < -0.39 is 15.1 Å². The first kappa shape index (κ1) is 19.4. The number of rotatable bonds is 6. The van der Waals surface area contributed by atoms with Crippen LogP contribution in [-0.4, -0.2) is 54.0 Å². The zero-order chi connectivity index (χ0) is 19.6. The number of carbonyl (C=O) groups excluding carboxylic acids is 1. The first-order valence-corrected chi connectivity index (χ1v) is 12.2. The van der Waals surface area contributed by atoms with Gasteiger partial charge in [-0.2, -0.15) is 0 Å². The Morgan fingerprint density at radius 1 is 1.21 bits per heavy atom. The minimum Gasteiger partial charge on any atom is -0.416 e. The van der Waals surface area contributed by atoms with E-state index in [1.54, 1.807) is 0 Å². The molecule has 2 fully saturated rings. The standard InChI is InChI=1S/C19H23N3O4S2/c23-18(22-9-4-5-10-22)17(15-6-2-1-3-7-15)27-19-21-20-16(26-19)12-14-8-11-28(24,25)13-14/h1-3,6-7,14,17H,4-5,8-13H2. The monoisotopic (exact) mass is 421 g/mol. The quantitative estimate of drug-likeness (QED) is 0.662. The van der Waals surface area contributed by atoms with Gasteiger partial charge in [0.2, 0.25) is 11.8 Å². The van der Waals surface area contributed by atoms with E-state index in [0.29, 0.717) is 24.0 Å². The van der Waals surface area contributed by atoms with Crippen molar-refractivity contribution in [1.29, 1.82) is 0 Å². The molecule has 9 heteroatoms. The van der Waals surface area contributed by atoms with Crippen LogP contribution >= 0.6 is 11.8 Å². The first-order valence-electron chi connectivity index (χ1n) is 9.53. The van der Waals surface area contributed by atoms with Crippen LogP contribution in [0.2, 0.25) is 0 Å². The van der Waals surface area contributed by atoms with E-state index in [1.807, 2.05) is 35.2 Å². The first-order chi connectivity index (χ1) is 13.5. The maximum atomic E-state index is 13.1. The molecule has 1 amide bonds. The predicted octanol–water partition coefficient (Wildman–Crippen LogP) is 2.50. The van der Waals surface area contributed by atoms with Crippen molar-refractivity contribution in [3.05, 3.63) is 41.8 Å². The van der Waals surface area contributed by atoms with E-state index in [0.717, 1.165) is 31.5 Å². The normalized spacial score (nSPS) is 22.4. The van der Waals surface area contributed by atoms with Gasteiger partial charge >= 0.3 is 0 Å². The fraction of sp³-hybridized carbons (Fsp3) is 0.526.